The third kappa shape index (κ3) is 2.09. The predicted octanol–water partition coefficient (Wildman–Crippen LogP) is 3.51. The third-order valence-corrected chi connectivity index (χ3v) is 3.21. The summed E-state index contributed by atoms with van der Waals surface area (Å²) in [6.45, 7) is 0. The minimum atomic E-state index is -0.191. The van der Waals surface area contributed by atoms with Crippen molar-refractivity contribution >= 4 is 28.2 Å². The number of rotatable bonds is 2. The van der Waals surface area contributed by atoms with Crippen LogP contribution in [0.1, 0.15) is 16.1 Å². The van der Waals surface area contributed by atoms with Gasteiger partial charge in [-0.3, -0.25) is 14.8 Å². The SMILES string of the molecule is O=C(c1ncccc1Cl)c1cccc2ccncc12. The summed E-state index contributed by atoms with van der Waals surface area (Å²) in [6.07, 6.45) is 4.94. The van der Waals surface area contributed by atoms with Crippen molar-refractivity contribution in [3.63, 3.8) is 0 Å². The van der Waals surface area contributed by atoms with Gasteiger partial charge >= 0.3 is 0 Å². The molecule has 0 amide bonds. The summed E-state index contributed by atoms with van der Waals surface area (Å²) in [5.74, 6) is -0.191. The van der Waals surface area contributed by atoms with Crippen LogP contribution < -0.4 is 0 Å². The third-order valence-electron chi connectivity index (χ3n) is 2.90. The van der Waals surface area contributed by atoms with Crippen LogP contribution in [0, 0.1) is 0 Å². The normalized spacial score (nSPS) is 10.6. The molecular formula is C15H9ClN2O. The first-order valence-electron chi connectivity index (χ1n) is 5.75. The largest absolute Gasteiger partial charge is 0.287 e. The molecule has 0 aliphatic rings. The molecule has 2 heterocycles. The van der Waals surface area contributed by atoms with Crippen molar-refractivity contribution in [1.82, 2.24) is 9.97 Å². The first kappa shape index (κ1) is 11.8. The Balaban J connectivity index is 2.20. The lowest BCUT2D eigenvalue weighted by atomic mass is 10.0. The number of hydrogen-bond donors (Lipinski definition) is 0. The second kappa shape index (κ2) is 4.78. The minimum absolute atomic E-state index is 0.191. The summed E-state index contributed by atoms with van der Waals surface area (Å²) >= 11 is 6.02. The van der Waals surface area contributed by atoms with Gasteiger partial charge in [0.2, 0.25) is 5.78 Å². The zero-order valence-electron chi connectivity index (χ0n) is 9.88. The topological polar surface area (TPSA) is 42.9 Å². The molecule has 3 rings (SSSR count). The fourth-order valence-corrected chi connectivity index (χ4v) is 2.20. The molecule has 0 bridgehead atoms. The number of benzene rings is 1. The van der Waals surface area contributed by atoms with Gasteiger partial charge < -0.3 is 0 Å². The number of ketones is 1. The van der Waals surface area contributed by atoms with Crippen molar-refractivity contribution in [2.24, 2.45) is 0 Å². The maximum Gasteiger partial charge on any atom is 0.213 e. The van der Waals surface area contributed by atoms with Gasteiger partial charge in [0.1, 0.15) is 5.69 Å². The van der Waals surface area contributed by atoms with Crippen molar-refractivity contribution < 1.29 is 4.79 Å². The van der Waals surface area contributed by atoms with Crippen molar-refractivity contribution in [3.05, 3.63) is 71.3 Å². The van der Waals surface area contributed by atoms with Crippen molar-refractivity contribution in [1.29, 1.82) is 0 Å². The maximum atomic E-state index is 12.5. The summed E-state index contributed by atoms with van der Waals surface area (Å²) < 4.78 is 0. The molecule has 92 valence electrons. The van der Waals surface area contributed by atoms with Gasteiger partial charge in [0, 0.05) is 29.5 Å². The van der Waals surface area contributed by atoms with Crippen LogP contribution in [0.3, 0.4) is 0 Å². The van der Waals surface area contributed by atoms with E-state index in [9.17, 15) is 4.79 Å². The fraction of sp³-hybridized carbons (Fsp3) is 0. The number of hydrogen-bond acceptors (Lipinski definition) is 3. The second-order valence-corrected chi connectivity index (χ2v) is 4.47. The molecule has 0 aliphatic carbocycles. The lowest BCUT2D eigenvalue weighted by Crippen LogP contribution is -2.05. The molecule has 0 saturated carbocycles. The molecule has 0 atom stereocenters. The molecule has 0 spiro atoms. The molecule has 0 aliphatic heterocycles. The zero-order chi connectivity index (χ0) is 13.2. The number of carbonyl (C=O) groups excluding carboxylic acids is 1. The molecule has 0 radical (unpaired) electrons. The number of aromatic nitrogens is 2. The molecule has 1 aromatic carbocycles. The van der Waals surface area contributed by atoms with Gasteiger partial charge in [-0.05, 0) is 23.6 Å². The van der Waals surface area contributed by atoms with E-state index in [1.807, 2.05) is 18.2 Å². The van der Waals surface area contributed by atoms with Crippen LogP contribution in [0.4, 0.5) is 0 Å². The molecule has 3 nitrogen and oxygen atoms in total. The number of carbonyl (C=O) groups is 1. The molecule has 4 heteroatoms. The van der Waals surface area contributed by atoms with E-state index in [2.05, 4.69) is 9.97 Å². The Hall–Kier alpha value is -2.26. The van der Waals surface area contributed by atoms with Crippen molar-refractivity contribution in [2.75, 3.05) is 0 Å². The Bertz CT molecular complexity index is 765. The zero-order valence-corrected chi connectivity index (χ0v) is 10.6. The Labute approximate surface area is 114 Å². The predicted molar refractivity (Wildman–Crippen MR) is 74.4 cm³/mol. The van der Waals surface area contributed by atoms with Gasteiger partial charge in [-0.15, -0.1) is 0 Å². The van der Waals surface area contributed by atoms with Crippen LogP contribution in [0.15, 0.2) is 55.0 Å². The van der Waals surface area contributed by atoms with Crippen molar-refractivity contribution in [3.8, 4) is 0 Å². The monoisotopic (exact) mass is 268 g/mol. The Morgan fingerprint density at radius 2 is 1.95 bits per heavy atom. The van der Waals surface area contributed by atoms with Gasteiger partial charge in [0.05, 0.1) is 5.02 Å². The molecular weight excluding hydrogens is 260 g/mol. The molecule has 3 aromatic rings. The smallest absolute Gasteiger partial charge is 0.213 e. The quantitative estimate of drug-likeness (QED) is 0.668. The highest BCUT2D eigenvalue weighted by molar-refractivity contribution is 6.35. The molecule has 0 unspecified atom stereocenters. The summed E-state index contributed by atoms with van der Waals surface area (Å²) in [7, 11) is 0. The van der Waals surface area contributed by atoms with Gasteiger partial charge in [0.15, 0.2) is 0 Å². The van der Waals surface area contributed by atoms with E-state index in [1.54, 1.807) is 36.8 Å². The first-order valence-corrected chi connectivity index (χ1v) is 6.13. The number of nitrogens with zero attached hydrogens (tertiary/aromatic N) is 2. The average molecular weight is 269 g/mol. The highest BCUT2D eigenvalue weighted by atomic mass is 35.5. The van der Waals surface area contributed by atoms with Gasteiger partial charge in [-0.1, -0.05) is 29.8 Å². The standard InChI is InChI=1S/C15H9ClN2O/c16-13-5-2-7-18-14(13)15(19)11-4-1-3-10-6-8-17-9-12(10)11/h1-9H. The Morgan fingerprint density at radius 3 is 2.79 bits per heavy atom. The molecule has 0 fully saturated rings. The van der Waals surface area contributed by atoms with Gasteiger partial charge in [0.25, 0.3) is 0 Å². The molecule has 2 aromatic heterocycles. The summed E-state index contributed by atoms with van der Waals surface area (Å²) in [4.78, 5) is 20.6. The molecule has 0 saturated heterocycles. The van der Waals surface area contributed by atoms with E-state index in [4.69, 9.17) is 11.6 Å². The van der Waals surface area contributed by atoms with Crippen LogP contribution in [-0.4, -0.2) is 15.8 Å². The van der Waals surface area contributed by atoms with Gasteiger partial charge in [-0.25, -0.2) is 0 Å². The van der Waals surface area contributed by atoms with E-state index in [0.717, 1.165) is 10.8 Å². The van der Waals surface area contributed by atoms with E-state index in [-0.39, 0.29) is 11.5 Å². The van der Waals surface area contributed by atoms with Gasteiger partial charge in [-0.2, -0.15) is 0 Å². The summed E-state index contributed by atoms with van der Waals surface area (Å²) in [5, 5.41) is 2.12. The summed E-state index contributed by atoms with van der Waals surface area (Å²) in [5.41, 5.74) is 0.826. The average Bonchev–Trinajstić information content (AvgIpc) is 2.46. The van der Waals surface area contributed by atoms with Crippen molar-refractivity contribution in [2.45, 2.75) is 0 Å². The fourth-order valence-electron chi connectivity index (χ4n) is 1.99. The van der Waals surface area contributed by atoms with E-state index < -0.39 is 0 Å². The molecule has 0 N–H and O–H groups in total. The van der Waals surface area contributed by atoms with Crippen LogP contribution in [0.2, 0.25) is 5.02 Å². The Morgan fingerprint density at radius 1 is 1.05 bits per heavy atom. The van der Waals surface area contributed by atoms with Crippen LogP contribution in [-0.2, 0) is 0 Å². The van der Waals surface area contributed by atoms with Crippen LogP contribution >= 0.6 is 11.6 Å². The highest BCUT2D eigenvalue weighted by Crippen LogP contribution is 2.22. The highest BCUT2D eigenvalue weighted by Gasteiger charge is 2.16. The Kier molecular flexibility index (Phi) is 2.97. The van der Waals surface area contributed by atoms with Crippen LogP contribution in [0.5, 0.6) is 0 Å². The van der Waals surface area contributed by atoms with E-state index >= 15 is 0 Å². The lowest BCUT2D eigenvalue weighted by molar-refractivity contribution is 0.103. The number of pyridine rings is 2. The van der Waals surface area contributed by atoms with Crippen LogP contribution in [0.25, 0.3) is 10.8 Å². The number of halogens is 1. The molecule has 19 heavy (non-hydrogen) atoms. The lowest BCUT2D eigenvalue weighted by Gasteiger charge is -2.05. The maximum absolute atomic E-state index is 12.5. The first-order chi connectivity index (χ1) is 9.27. The van der Waals surface area contributed by atoms with E-state index in [0.29, 0.717) is 10.6 Å². The minimum Gasteiger partial charge on any atom is -0.287 e. The number of fused-ring (bicyclic) bond motifs is 1. The second-order valence-electron chi connectivity index (χ2n) is 4.07. The summed E-state index contributed by atoms with van der Waals surface area (Å²) in [6, 6.07) is 10.8. The van der Waals surface area contributed by atoms with E-state index in [1.165, 1.54) is 0 Å².